The van der Waals surface area contributed by atoms with Gasteiger partial charge in [0.15, 0.2) is 0 Å². The lowest BCUT2D eigenvalue weighted by Crippen LogP contribution is -2.45. The summed E-state index contributed by atoms with van der Waals surface area (Å²) in [6, 6.07) is 0. The molecule has 5 aliphatic rings. The summed E-state index contributed by atoms with van der Waals surface area (Å²) in [6.45, 7) is 0. The highest BCUT2D eigenvalue weighted by Gasteiger charge is 2.72. The van der Waals surface area contributed by atoms with Gasteiger partial charge < -0.3 is 9.47 Å². The molecule has 8 unspecified atom stereocenters. The van der Waals surface area contributed by atoms with Gasteiger partial charge in [0.1, 0.15) is 0 Å². The quantitative estimate of drug-likeness (QED) is 0.555. The van der Waals surface area contributed by atoms with Crippen molar-refractivity contribution in [2.24, 2.45) is 23.7 Å². The number of rotatable bonds is 0. The van der Waals surface area contributed by atoms with Crippen molar-refractivity contribution in [2.75, 3.05) is 0 Å². The van der Waals surface area contributed by atoms with Crippen LogP contribution >= 0.6 is 0 Å². The van der Waals surface area contributed by atoms with Crippen LogP contribution in [0.3, 0.4) is 0 Å². The molecular formula is C11H14O2. The van der Waals surface area contributed by atoms with Crippen molar-refractivity contribution in [3.05, 3.63) is 0 Å². The van der Waals surface area contributed by atoms with E-state index in [9.17, 15) is 0 Å². The first-order chi connectivity index (χ1) is 6.43. The molecule has 8 atom stereocenters. The molecule has 0 amide bonds. The lowest BCUT2D eigenvalue weighted by atomic mass is 9.65. The first-order valence-electron chi connectivity index (χ1n) is 5.74. The van der Waals surface area contributed by atoms with Gasteiger partial charge in [0, 0.05) is 11.8 Å². The first kappa shape index (κ1) is 6.41. The average molecular weight is 178 g/mol. The topological polar surface area (TPSA) is 18.5 Å². The molecule has 13 heavy (non-hydrogen) atoms. The zero-order valence-electron chi connectivity index (χ0n) is 7.56. The second-order valence-corrected chi connectivity index (χ2v) is 5.57. The van der Waals surface area contributed by atoms with Gasteiger partial charge in [0.25, 0.3) is 0 Å². The monoisotopic (exact) mass is 178 g/mol. The predicted molar refractivity (Wildman–Crippen MR) is 45.1 cm³/mol. The summed E-state index contributed by atoms with van der Waals surface area (Å²) in [4.78, 5) is 0. The number of hydrogen-bond donors (Lipinski definition) is 0. The zero-order valence-corrected chi connectivity index (χ0v) is 7.56. The largest absolute Gasteiger partial charge is 0.374 e. The molecule has 0 N–H and O–H groups in total. The van der Waals surface area contributed by atoms with E-state index in [1.54, 1.807) is 0 Å². The maximum Gasteiger partial charge on any atom is 0.0669 e. The Bertz CT molecular complexity index is 277. The highest BCUT2D eigenvalue weighted by Crippen LogP contribution is 2.66. The second kappa shape index (κ2) is 1.70. The Morgan fingerprint density at radius 3 is 2.54 bits per heavy atom. The van der Waals surface area contributed by atoms with Crippen molar-refractivity contribution in [1.29, 1.82) is 0 Å². The van der Waals surface area contributed by atoms with Crippen LogP contribution in [0.1, 0.15) is 19.3 Å². The molecule has 5 fully saturated rings. The zero-order chi connectivity index (χ0) is 8.15. The Labute approximate surface area is 77.6 Å². The maximum atomic E-state index is 6.18. The summed E-state index contributed by atoms with van der Waals surface area (Å²) in [5, 5.41) is 0. The SMILES string of the molecule is C1CC2C3CC4OC2C2C1OC3C42. The first-order valence-corrected chi connectivity index (χ1v) is 5.74. The number of ether oxygens (including phenoxy) is 2. The number of hydrogen-bond acceptors (Lipinski definition) is 2. The smallest absolute Gasteiger partial charge is 0.0669 e. The fourth-order valence-electron chi connectivity index (χ4n) is 5.17. The van der Waals surface area contributed by atoms with E-state index in [1.165, 1.54) is 19.3 Å². The van der Waals surface area contributed by atoms with E-state index >= 15 is 0 Å². The standard InChI is InChI=1S/C11H14O2/c1-2-6-8-9-7-3-5(11(9)12-6)4(1)10(8)13-7/h4-11H,1-3H2. The second-order valence-electron chi connectivity index (χ2n) is 5.57. The molecule has 70 valence electrons. The van der Waals surface area contributed by atoms with Crippen molar-refractivity contribution in [2.45, 2.75) is 43.7 Å². The summed E-state index contributed by atoms with van der Waals surface area (Å²) in [6.07, 6.45) is 6.45. The molecule has 0 aromatic carbocycles. The lowest BCUT2D eigenvalue weighted by Gasteiger charge is -2.40. The number of fused-ring (bicyclic) bond motifs is 1. The van der Waals surface area contributed by atoms with Crippen molar-refractivity contribution >= 4 is 0 Å². The van der Waals surface area contributed by atoms with Crippen molar-refractivity contribution in [3.8, 4) is 0 Å². The molecule has 2 saturated heterocycles. The van der Waals surface area contributed by atoms with E-state index in [1.807, 2.05) is 0 Å². The molecule has 5 rings (SSSR count). The van der Waals surface area contributed by atoms with E-state index in [0.29, 0.717) is 24.4 Å². The minimum atomic E-state index is 0.589. The molecule has 3 aliphatic carbocycles. The summed E-state index contributed by atoms with van der Waals surface area (Å²) in [7, 11) is 0. The van der Waals surface area contributed by atoms with Gasteiger partial charge in [0.05, 0.1) is 24.4 Å². The van der Waals surface area contributed by atoms with Crippen LogP contribution in [-0.2, 0) is 9.47 Å². The van der Waals surface area contributed by atoms with Crippen LogP contribution in [0.2, 0.25) is 0 Å². The Morgan fingerprint density at radius 1 is 0.769 bits per heavy atom. The van der Waals surface area contributed by atoms with Gasteiger partial charge in [-0.05, 0) is 31.1 Å². The average Bonchev–Trinajstić information content (AvgIpc) is 2.69. The Kier molecular flexibility index (Phi) is 0.838. The molecule has 2 heteroatoms. The third-order valence-corrected chi connectivity index (χ3v) is 5.41. The van der Waals surface area contributed by atoms with Crippen LogP contribution in [-0.4, -0.2) is 24.4 Å². The molecule has 6 bridgehead atoms. The molecule has 0 radical (unpaired) electrons. The van der Waals surface area contributed by atoms with Crippen LogP contribution in [0.4, 0.5) is 0 Å². The Hall–Kier alpha value is -0.0800. The third kappa shape index (κ3) is 0.490. The van der Waals surface area contributed by atoms with Crippen molar-refractivity contribution < 1.29 is 9.47 Å². The van der Waals surface area contributed by atoms with E-state index < -0.39 is 0 Å². The molecular weight excluding hydrogens is 164 g/mol. The highest BCUT2D eigenvalue weighted by molar-refractivity contribution is 5.19. The van der Waals surface area contributed by atoms with E-state index in [0.717, 1.165) is 23.7 Å². The highest BCUT2D eigenvalue weighted by atomic mass is 16.5. The minimum absolute atomic E-state index is 0.589. The summed E-state index contributed by atoms with van der Waals surface area (Å²) in [5.41, 5.74) is 0. The molecule has 2 aliphatic heterocycles. The fourth-order valence-corrected chi connectivity index (χ4v) is 5.17. The fraction of sp³-hybridized carbons (Fsp3) is 1.00. The lowest BCUT2D eigenvalue weighted by molar-refractivity contribution is -0.0747. The van der Waals surface area contributed by atoms with Crippen LogP contribution in [0.25, 0.3) is 0 Å². The summed E-state index contributed by atoms with van der Waals surface area (Å²) < 4.78 is 12.3. The van der Waals surface area contributed by atoms with E-state index in [4.69, 9.17) is 9.47 Å². The van der Waals surface area contributed by atoms with Crippen LogP contribution in [0.5, 0.6) is 0 Å². The summed E-state index contributed by atoms with van der Waals surface area (Å²) >= 11 is 0. The molecule has 2 nitrogen and oxygen atoms in total. The maximum absolute atomic E-state index is 6.18. The summed E-state index contributed by atoms with van der Waals surface area (Å²) in [5.74, 6) is 3.39. The predicted octanol–water partition coefficient (Wildman–Crippen LogP) is 1.20. The molecule has 2 heterocycles. The normalized spacial score (nSPS) is 75.7. The van der Waals surface area contributed by atoms with Crippen LogP contribution in [0, 0.1) is 23.7 Å². The third-order valence-electron chi connectivity index (χ3n) is 5.41. The van der Waals surface area contributed by atoms with Gasteiger partial charge in [-0.1, -0.05) is 0 Å². The van der Waals surface area contributed by atoms with Gasteiger partial charge in [0.2, 0.25) is 0 Å². The Balaban J connectivity index is 1.80. The van der Waals surface area contributed by atoms with Gasteiger partial charge in [-0.3, -0.25) is 0 Å². The van der Waals surface area contributed by atoms with Gasteiger partial charge in [-0.25, -0.2) is 0 Å². The van der Waals surface area contributed by atoms with Gasteiger partial charge >= 0.3 is 0 Å². The molecule has 0 aromatic heterocycles. The van der Waals surface area contributed by atoms with Crippen LogP contribution in [0.15, 0.2) is 0 Å². The Morgan fingerprint density at radius 2 is 1.54 bits per heavy atom. The van der Waals surface area contributed by atoms with Crippen molar-refractivity contribution in [1.82, 2.24) is 0 Å². The van der Waals surface area contributed by atoms with E-state index in [2.05, 4.69) is 0 Å². The molecule has 0 spiro atoms. The molecule has 0 aromatic rings. The van der Waals surface area contributed by atoms with E-state index in [-0.39, 0.29) is 0 Å². The van der Waals surface area contributed by atoms with Crippen LogP contribution < -0.4 is 0 Å². The minimum Gasteiger partial charge on any atom is -0.374 e. The van der Waals surface area contributed by atoms with Gasteiger partial charge in [-0.15, -0.1) is 0 Å². The van der Waals surface area contributed by atoms with Gasteiger partial charge in [-0.2, -0.15) is 0 Å². The molecule has 3 saturated carbocycles. The van der Waals surface area contributed by atoms with Crippen molar-refractivity contribution in [3.63, 3.8) is 0 Å².